The van der Waals surface area contributed by atoms with Crippen LogP contribution in [0.15, 0.2) is 42.6 Å². The molecule has 5 nitrogen and oxygen atoms in total. The predicted molar refractivity (Wildman–Crippen MR) is 98.7 cm³/mol. The number of carbonyl (C=O) groups is 1. The number of ether oxygens (including phenoxy) is 1. The third kappa shape index (κ3) is 4.63. The number of aromatic amines is 1. The number of amides is 1. The van der Waals surface area contributed by atoms with E-state index in [0.717, 1.165) is 30.1 Å². The first-order valence-corrected chi connectivity index (χ1v) is 9.04. The molecule has 0 spiro atoms. The van der Waals surface area contributed by atoms with Gasteiger partial charge in [-0.25, -0.2) is 0 Å². The molecule has 1 amide bonds. The number of nitrogens with zero attached hydrogens (tertiary/aromatic N) is 1. The zero-order valence-corrected chi connectivity index (χ0v) is 14.8. The van der Waals surface area contributed by atoms with E-state index in [1.165, 1.54) is 19.3 Å². The molecule has 1 aliphatic heterocycles. The van der Waals surface area contributed by atoms with Gasteiger partial charge in [0.15, 0.2) is 0 Å². The smallest absolute Gasteiger partial charge is 0.225 e. The highest BCUT2D eigenvalue weighted by molar-refractivity contribution is 5.78. The Bertz CT molecular complexity index is 663. The molecule has 1 fully saturated rings. The SMILES string of the molecule is COc1ccccc1[C@H](CNC(=O)Cc1ccc[nH]1)N1CCCCC1. The van der Waals surface area contributed by atoms with E-state index in [9.17, 15) is 4.79 Å². The van der Waals surface area contributed by atoms with Crippen LogP contribution in [0.4, 0.5) is 0 Å². The minimum atomic E-state index is 0.0411. The lowest BCUT2D eigenvalue weighted by Crippen LogP contribution is -2.41. The molecular formula is C20H27N3O2. The molecule has 2 heterocycles. The Balaban J connectivity index is 1.71. The second-order valence-electron chi connectivity index (χ2n) is 6.53. The number of para-hydroxylation sites is 1. The molecule has 0 saturated carbocycles. The van der Waals surface area contributed by atoms with E-state index in [0.29, 0.717) is 13.0 Å². The number of likely N-dealkylation sites (tertiary alicyclic amines) is 1. The van der Waals surface area contributed by atoms with Crippen molar-refractivity contribution in [3.8, 4) is 5.75 Å². The molecule has 0 radical (unpaired) electrons. The van der Waals surface area contributed by atoms with Crippen molar-refractivity contribution in [2.24, 2.45) is 0 Å². The van der Waals surface area contributed by atoms with E-state index in [1.807, 2.05) is 36.5 Å². The lowest BCUT2D eigenvalue weighted by atomic mass is 10.0. The minimum Gasteiger partial charge on any atom is -0.496 e. The molecule has 3 rings (SSSR count). The van der Waals surface area contributed by atoms with E-state index < -0.39 is 0 Å². The number of piperidine rings is 1. The van der Waals surface area contributed by atoms with Gasteiger partial charge in [-0.3, -0.25) is 9.69 Å². The van der Waals surface area contributed by atoms with Crippen LogP contribution in [-0.2, 0) is 11.2 Å². The molecule has 134 valence electrons. The summed E-state index contributed by atoms with van der Waals surface area (Å²) in [5.41, 5.74) is 2.08. The van der Waals surface area contributed by atoms with Crippen LogP contribution >= 0.6 is 0 Å². The number of hydrogen-bond donors (Lipinski definition) is 2. The first-order chi connectivity index (χ1) is 12.3. The summed E-state index contributed by atoms with van der Waals surface area (Å²) in [6.07, 6.45) is 5.93. The number of rotatable bonds is 7. The van der Waals surface area contributed by atoms with Gasteiger partial charge < -0.3 is 15.0 Å². The summed E-state index contributed by atoms with van der Waals surface area (Å²) in [5, 5.41) is 3.11. The van der Waals surface area contributed by atoms with Gasteiger partial charge in [0, 0.05) is 24.0 Å². The van der Waals surface area contributed by atoms with Crippen LogP contribution in [-0.4, -0.2) is 42.5 Å². The molecule has 1 saturated heterocycles. The fourth-order valence-electron chi connectivity index (χ4n) is 3.53. The van der Waals surface area contributed by atoms with Gasteiger partial charge in [-0.15, -0.1) is 0 Å². The Kier molecular flexibility index (Phi) is 6.12. The van der Waals surface area contributed by atoms with E-state index in [-0.39, 0.29) is 11.9 Å². The number of nitrogens with one attached hydrogen (secondary N) is 2. The van der Waals surface area contributed by atoms with Gasteiger partial charge >= 0.3 is 0 Å². The normalized spacial score (nSPS) is 16.4. The van der Waals surface area contributed by atoms with Crippen molar-refractivity contribution < 1.29 is 9.53 Å². The average molecular weight is 341 g/mol. The Labute approximate surface area is 149 Å². The van der Waals surface area contributed by atoms with Gasteiger partial charge in [0.05, 0.1) is 19.6 Å². The first kappa shape index (κ1) is 17.5. The van der Waals surface area contributed by atoms with Gasteiger partial charge in [0.1, 0.15) is 5.75 Å². The van der Waals surface area contributed by atoms with Crippen LogP contribution < -0.4 is 10.1 Å². The number of H-pyrrole nitrogens is 1. The molecule has 0 bridgehead atoms. The van der Waals surface area contributed by atoms with Crippen LogP contribution in [0.25, 0.3) is 0 Å². The lowest BCUT2D eigenvalue weighted by molar-refractivity contribution is -0.120. The summed E-state index contributed by atoms with van der Waals surface area (Å²) in [4.78, 5) is 17.8. The Hall–Kier alpha value is -2.27. The summed E-state index contributed by atoms with van der Waals surface area (Å²) in [6, 6.07) is 12.1. The van der Waals surface area contributed by atoms with Crippen LogP contribution in [0.5, 0.6) is 5.75 Å². The topological polar surface area (TPSA) is 57.4 Å². The van der Waals surface area contributed by atoms with Crippen molar-refractivity contribution in [1.29, 1.82) is 0 Å². The van der Waals surface area contributed by atoms with Gasteiger partial charge in [0.25, 0.3) is 0 Å². The third-order valence-corrected chi connectivity index (χ3v) is 4.84. The largest absolute Gasteiger partial charge is 0.496 e. The highest BCUT2D eigenvalue weighted by Gasteiger charge is 2.25. The maximum Gasteiger partial charge on any atom is 0.225 e. The van der Waals surface area contributed by atoms with Crippen molar-refractivity contribution in [2.45, 2.75) is 31.7 Å². The van der Waals surface area contributed by atoms with Crippen molar-refractivity contribution in [1.82, 2.24) is 15.2 Å². The van der Waals surface area contributed by atoms with Crippen molar-refractivity contribution in [2.75, 3.05) is 26.7 Å². The molecular weight excluding hydrogens is 314 g/mol. The molecule has 2 N–H and O–H groups in total. The van der Waals surface area contributed by atoms with Gasteiger partial charge in [0.2, 0.25) is 5.91 Å². The predicted octanol–water partition coefficient (Wildman–Crippen LogP) is 2.91. The van der Waals surface area contributed by atoms with Gasteiger partial charge in [-0.05, 0) is 44.1 Å². The number of benzene rings is 1. The lowest BCUT2D eigenvalue weighted by Gasteiger charge is -2.35. The van der Waals surface area contributed by atoms with Crippen molar-refractivity contribution in [3.63, 3.8) is 0 Å². The maximum absolute atomic E-state index is 12.3. The standard InChI is InChI=1S/C20H27N3O2/c1-25-19-10-4-3-9-17(19)18(23-12-5-2-6-13-23)15-22-20(24)14-16-8-7-11-21-16/h3-4,7-11,18,21H,2,5-6,12-15H2,1H3,(H,22,24)/t18-/m0/s1. The molecule has 0 aliphatic carbocycles. The van der Waals surface area contributed by atoms with E-state index in [4.69, 9.17) is 4.74 Å². The summed E-state index contributed by atoms with van der Waals surface area (Å²) in [5.74, 6) is 0.927. The highest BCUT2D eigenvalue weighted by Crippen LogP contribution is 2.30. The zero-order chi connectivity index (χ0) is 17.5. The summed E-state index contributed by atoms with van der Waals surface area (Å²) < 4.78 is 5.56. The molecule has 1 aliphatic rings. The van der Waals surface area contributed by atoms with Gasteiger partial charge in [-0.2, -0.15) is 0 Å². The Morgan fingerprint density at radius 2 is 2.00 bits per heavy atom. The highest BCUT2D eigenvalue weighted by atomic mass is 16.5. The van der Waals surface area contributed by atoms with E-state index in [2.05, 4.69) is 21.3 Å². The van der Waals surface area contributed by atoms with Crippen molar-refractivity contribution in [3.05, 3.63) is 53.9 Å². The Morgan fingerprint density at radius 1 is 1.20 bits per heavy atom. The third-order valence-electron chi connectivity index (χ3n) is 4.84. The maximum atomic E-state index is 12.3. The summed E-state index contributed by atoms with van der Waals surface area (Å²) in [7, 11) is 1.70. The molecule has 0 unspecified atom stereocenters. The number of aromatic nitrogens is 1. The van der Waals surface area contributed by atoms with Crippen LogP contribution in [0.3, 0.4) is 0 Å². The second kappa shape index (κ2) is 8.72. The van der Waals surface area contributed by atoms with E-state index >= 15 is 0 Å². The number of hydrogen-bond acceptors (Lipinski definition) is 3. The fourth-order valence-corrected chi connectivity index (χ4v) is 3.53. The van der Waals surface area contributed by atoms with Crippen LogP contribution in [0, 0.1) is 0 Å². The second-order valence-corrected chi connectivity index (χ2v) is 6.53. The molecule has 2 aromatic rings. The van der Waals surface area contributed by atoms with Gasteiger partial charge in [-0.1, -0.05) is 24.6 Å². The monoisotopic (exact) mass is 341 g/mol. The Morgan fingerprint density at radius 3 is 2.72 bits per heavy atom. The number of carbonyl (C=O) groups excluding carboxylic acids is 1. The summed E-state index contributed by atoms with van der Waals surface area (Å²) >= 11 is 0. The zero-order valence-electron chi connectivity index (χ0n) is 14.8. The quantitative estimate of drug-likeness (QED) is 0.814. The molecule has 5 heteroatoms. The molecule has 1 aromatic carbocycles. The molecule has 1 atom stereocenters. The average Bonchev–Trinajstić information content (AvgIpc) is 3.16. The van der Waals surface area contributed by atoms with Crippen LogP contribution in [0.2, 0.25) is 0 Å². The molecule has 25 heavy (non-hydrogen) atoms. The molecule has 1 aromatic heterocycles. The minimum absolute atomic E-state index is 0.0411. The summed E-state index contributed by atoms with van der Waals surface area (Å²) in [6.45, 7) is 2.73. The fraction of sp³-hybridized carbons (Fsp3) is 0.450. The van der Waals surface area contributed by atoms with Crippen LogP contribution in [0.1, 0.15) is 36.6 Å². The first-order valence-electron chi connectivity index (χ1n) is 9.04. The van der Waals surface area contributed by atoms with Crippen molar-refractivity contribution >= 4 is 5.91 Å². The van der Waals surface area contributed by atoms with E-state index in [1.54, 1.807) is 7.11 Å². The number of methoxy groups -OCH3 is 1.